The second-order valence-electron chi connectivity index (χ2n) is 5.58. The van der Waals surface area contributed by atoms with Crippen molar-refractivity contribution < 1.29 is 0 Å². The van der Waals surface area contributed by atoms with Gasteiger partial charge in [-0.1, -0.05) is 20.8 Å². The highest BCUT2D eigenvalue weighted by Gasteiger charge is 2.32. The Kier molecular flexibility index (Phi) is 2.74. The Morgan fingerprint density at radius 3 is 2.75 bits per heavy atom. The molecule has 1 saturated heterocycles. The molecule has 0 radical (unpaired) electrons. The normalized spacial score (nSPS) is 21.4. The van der Waals surface area contributed by atoms with Crippen LogP contribution in [-0.2, 0) is 0 Å². The van der Waals surface area contributed by atoms with Crippen LogP contribution in [0.5, 0.6) is 0 Å². The molecule has 1 aromatic heterocycles. The average Bonchev–Trinajstić information content (AvgIpc) is 2.65. The number of nitrogens with two attached hydrogens (primary N) is 1. The van der Waals surface area contributed by atoms with Gasteiger partial charge in [-0.3, -0.25) is 0 Å². The van der Waals surface area contributed by atoms with Gasteiger partial charge in [0, 0.05) is 19.3 Å². The predicted octanol–water partition coefficient (Wildman–Crippen LogP) is 1.93. The van der Waals surface area contributed by atoms with Crippen molar-refractivity contribution in [2.24, 2.45) is 11.3 Å². The minimum atomic E-state index is 0.356. The van der Waals surface area contributed by atoms with Crippen LogP contribution in [0, 0.1) is 11.3 Å². The maximum absolute atomic E-state index is 5.67. The van der Waals surface area contributed by atoms with Crippen LogP contribution in [0.2, 0.25) is 0 Å². The van der Waals surface area contributed by atoms with Crippen LogP contribution in [-0.4, -0.2) is 23.1 Å². The molecule has 1 aromatic rings. The first kappa shape index (κ1) is 11.2. The van der Waals surface area contributed by atoms with E-state index in [1.807, 2.05) is 0 Å². The highest BCUT2D eigenvalue weighted by molar-refractivity contribution is 5.38. The molecule has 0 saturated carbocycles. The molecule has 1 aliphatic heterocycles. The van der Waals surface area contributed by atoms with Gasteiger partial charge in [0.05, 0.1) is 0 Å². The SMILES string of the molecule is CC(C)(C)C1CCN(c2nccc(N)n2)C1. The second-order valence-corrected chi connectivity index (χ2v) is 5.58. The molecular formula is C12H20N4. The van der Waals surface area contributed by atoms with Crippen molar-refractivity contribution in [3.63, 3.8) is 0 Å². The fraction of sp³-hybridized carbons (Fsp3) is 0.667. The molecule has 1 unspecified atom stereocenters. The maximum Gasteiger partial charge on any atom is 0.227 e. The Hall–Kier alpha value is -1.32. The first-order chi connectivity index (χ1) is 7.47. The largest absolute Gasteiger partial charge is 0.384 e. The molecule has 2 heterocycles. The smallest absolute Gasteiger partial charge is 0.227 e. The molecule has 16 heavy (non-hydrogen) atoms. The number of nitrogen functional groups attached to an aromatic ring is 1. The van der Waals surface area contributed by atoms with E-state index < -0.39 is 0 Å². The molecule has 2 N–H and O–H groups in total. The highest BCUT2D eigenvalue weighted by Crippen LogP contribution is 2.34. The Morgan fingerprint density at radius 2 is 2.19 bits per heavy atom. The van der Waals surface area contributed by atoms with Gasteiger partial charge in [0.25, 0.3) is 0 Å². The standard InChI is InChI=1S/C12H20N4/c1-12(2,3)9-5-7-16(8-9)11-14-6-4-10(13)15-11/h4,6,9H,5,7-8H2,1-3H3,(H2,13,14,15). The van der Waals surface area contributed by atoms with Gasteiger partial charge < -0.3 is 10.6 Å². The van der Waals surface area contributed by atoms with Gasteiger partial charge in [-0.2, -0.15) is 4.98 Å². The van der Waals surface area contributed by atoms with Crippen LogP contribution in [0.3, 0.4) is 0 Å². The lowest BCUT2D eigenvalue weighted by molar-refractivity contribution is 0.263. The number of nitrogens with zero attached hydrogens (tertiary/aromatic N) is 3. The fourth-order valence-corrected chi connectivity index (χ4v) is 2.16. The number of rotatable bonds is 1. The summed E-state index contributed by atoms with van der Waals surface area (Å²) in [7, 11) is 0. The molecule has 0 spiro atoms. The molecule has 1 fully saturated rings. The topological polar surface area (TPSA) is 55.0 Å². The van der Waals surface area contributed by atoms with Gasteiger partial charge in [-0.05, 0) is 23.8 Å². The summed E-state index contributed by atoms with van der Waals surface area (Å²) in [5.41, 5.74) is 6.03. The molecule has 4 nitrogen and oxygen atoms in total. The number of hydrogen-bond acceptors (Lipinski definition) is 4. The molecular weight excluding hydrogens is 200 g/mol. The van der Waals surface area contributed by atoms with Crippen LogP contribution in [0.15, 0.2) is 12.3 Å². The average molecular weight is 220 g/mol. The summed E-state index contributed by atoms with van der Waals surface area (Å²) in [5, 5.41) is 0. The van der Waals surface area contributed by atoms with E-state index in [-0.39, 0.29) is 0 Å². The molecule has 0 aliphatic carbocycles. The first-order valence-corrected chi connectivity index (χ1v) is 5.80. The van der Waals surface area contributed by atoms with E-state index in [1.165, 1.54) is 6.42 Å². The predicted molar refractivity (Wildman–Crippen MR) is 66.2 cm³/mol. The van der Waals surface area contributed by atoms with E-state index in [4.69, 9.17) is 5.73 Å². The van der Waals surface area contributed by atoms with Gasteiger partial charge in [0.1, 0.15) is 5.82 Å². The zero-order valence-electron chi connectivity index (χ0n) is 10.3. The van der Waals surface area contributed by atoms with Crippen molar-refractivity contribution in [2.45, 2.75) is 27.2 Å². The van der Waals surface area contributed by atoms with Crippen molar-refractivity contribution in [1.29, 1.82) is 0 Å². The van der Waals surface area contributed by atoms with Crippen molar-refractivity contribution in [2.75, 3.05) is 23.7 Å². The molecule has 2 rings (SSSR count). The molecule has 88 valence electrons. The summed E-state index contributed by atoms with van der Waals surface area (Å²) in [5.74, 6) is 2.02. The lowest BCUT2D eigenvalue weighted by Crippen LogP contribution is -2.27. The Bertz CT molecular complexity index is 370. The van der Waals surface area contributed by atoms with E-state index in [0.717, 1.165) is 19.0 Å². The molecule has 0 amide bonds. The Balaban J connectivity index is 2.09. The van der Waals surface area contributed by atoms with E-state index in [0.29, 0.717) is 17.2 Å². The van der Waals surface area contributed by atoms with Crippen molar-refractivity contribution in [3.8, 4) is 0 Å². The minimum absolute atomic E-state index is 0.356. The lowest BCUT2D eigenvalue weighted by Gasteiger charge is -2.26. The summed E-state index contributed by atoms with van der Waals surface area (Å²) in [4.78, 5) is 10.8. The monoisotopic (exact) mass is 220 g/mol. The van der Waals surface area contributed by atoms with Crippen LogP contribution in [0.25, 0.3) is 0 Å². The van der Waals surface area contributed by atoms with Crippen LogP contribution in [0.1, 0.15) is 27.2 Å². The van der Waals surface area contributed by atoms with Crippen LogP contribution >= 0.6 is 0 Å². The number of hydrogen-bond donors (Lipinski definition) is 1. The third-order valence-corrected chi connectivity index (χ3v) is 3.36. The van der Waals surface area contributed by atoms with Gasteiger partial charge in [0.2, 0.25) is 5.95 Å². The van der Waals surface area contributed by atoms with Gasteiger partial charge >= 0.3 is 0 Å². The highest BCUT2D eigenvalue weighted by atomic mass is 15.3. The van der Waals surface area contributed by atoms with Crippen molar-refractivity contribution >= 4 is 11.8 Å². The zero-order valence-corrected chi connectivity index (χ0v) is 10.3. The molecule has 1 atom stereocenters. The minimum Gasteiger partial charge on any atom is -0.384 e. The van der Waals surface area contributed by atoms with E-state index >= 15 is 0 Å². The fourth-order valence-electron chi connectivity index (χ4n) is 2.16. The van der Waals surface area contributed by atoms with Crippen molar-refractivity contribution in [1.82, 2.24) is 9.97 Å². The third-order valence-electron chi connectivity index (χ3n) is 3.36. The summed E-state index contributed by atoms with van der Waals surface area (Å²) >= 11 is 0. The first-order valence-electron chi connectivity index (χ1n) is 5.80. The third kappa shape index (κ3) is 2.26. The molecule has 0 aromatic carbocycles. The molecule has 0 bridgehead atoms. The second kappa shape index (κ2) is 3.92. The maximum atomic E-state index is 5.67. The number of anilines is 2. The molecule has 1 aliphatic rings. The summed E-state index contributed by atoms with van der Waals surface area (Å²) < 4.78 is 0. The quantitative estimate of drug-likeness (QED) is 0.785. The number of aromatic nitrogens is 2. The van der Waals surface area contributed by atoms with Crippen LogP contribution < -0.4 is 10.6 Å². The van der Waals surface area contributed by atoms with E-state index in [9.17, 15) is 0 Å². The summed E-state index contributed by atoms with van der Waals surface area (Å²) in [6.45, 7) is 8.95. The van der Waals surface area contributed by atoms with E-state index in [2.05, 4.69) is 35.6 Å². The van der Waals surface area contributed by atoms with Crippen molar-refractivity contribution in [3.05, 3.63) is 12.3 Å². The summed E-state index contributed by atoms with van der Waals surface area (Å²) in [6.07, 6.45) is 2.93. The van der Waals surface area contributed by atoms with Gasteiger partial charge in [-0.15, -0.1) is 0 Å². The van der Waals surface area contributed by atoms with E-state index in [1.54, 1.807) is 12.3 Å². The lowest BCUT2D eigenvalue weighted by atomic mass is 9.80. The zero-order chi connectivity index (χ0) is 11.8. The Morgan fingerprint density at radius 1 is 1.44 bits per heavy atom. The van der Waals surface area contributed by atoms with Crippen LogP contribution in [0.4, 0.5) is 11.8 Å². The Labute approximate surface area is 96.9 Å². The van der Waals surface area contributed by atoms with Gasteiger partial charge in [0.15, 0.2) is 0 Å². The molecule has 4 heteroatoms. The van der Waals surface area contributed by atoms with Gasteiger partial charge in [-0.25, -0.2) is 4.98 Å². The summed E-state index contributed by atoms with van der Waals surface area (Å²) in [6, 6.07) is 1.72.